The van der Waals surface area contributed by atoms with E-state index < -0.39 is 15.9 Å². The van der Waals surface area contributed by atoms with Crippen molar-refractivity contribution in [3.05, 3.63) is 42.2 Å². The van der Waals surface area contributed by atoms with E-state index in [9.17, 15) is 13.2 Å². The number of primary amides is 1. The number of ether oxygens (including phenoxy) is 2. The number of carbonyl (C=O) groups excluding carboxylic acids is 1. The molecular weight excluding hydrogens is 322 g/mol. The van der Waals surface area contributed by atoms with Crippen LogP contribution in [0.1, 0.15) is 10.4 Å². The number of aromatic nitrogens is 1. The maximum atomic E-state index is 12.5. The van der Waals surface area contributed by atoms with Gasteiger partial charge in [-0.1, -0.05) is 0 Å². The van der Waals surface area contributed by atoms with Gasteiger partial charge in [0.15, 0.2) is 0 Å². The Balaban J connectivity index is 2.43. The van der Waals surface area contributed by atoms with E-state index in [-0.39, 0.29) is 21.9 Å². The normalized spacial score (nSPS) is 10.9. The first-order valence-electron chi connectivity index (χ1n) is 6.37. The highest BCUT2D eigenvalue weighted by molar-refractivity contribution is 7.92. The zero-order valence-electron chi connectivity index (χ0n) is 12.4. The molecule has 3 N–H and O–H groups in total. The Morgan fingerprint density at radius 2 is 1.91 bits per heavy atom. The monoisotopic (exact) mass is 337 g/mol. The molecule has 9 heteroatoms. The van der Waals surface area contributed by atoms with Gasteiger partial charge in [0.2, 0.25) is 5.91 Å². The fourth-order valence-corrected chi connectivity index (χ4v) is 3.05. The lowest BCUT2D eigenvalue weighted by molar-refractivity contribution is 0.1000. The first-order valence-corrected chi connectivity index (χ1v) is 7.85. The second kappa shape index (κ2) is 6.53. The molecule has 2 aromatic rings. The van der Waals surface area contributed by atoms with Crippen LogP contribution in [0, 0.1) is 0 Å². The lowest BCUT2D eigenvalue weighted by Crippen LogP contribution is -2.16. The van der Waals surface area contributed by atoms with E-state index in [2.05, 4.69) is 9.71 Å². The number of nitrogens with two attached hydrogens (primary N) is 1. The quantitative estimate of drug-likeness (QED) is 0.811. The van der Waals surface area contributed by atoms with Gasteiger partial charge in [-0.05, 0) is 18.2 Å². The van der Waals surface area contributed by atoms with Crippen LogP contribution < -0.4 is 19.9 Å². The van der Waals surface area contributed by atoms with Crippen molar-refractivity contribution in [3.63, 3.8) is 0 Å². The molecule has 0 atom stereocenters. The lowest BCUT2D eigenvalue weighted by atomic mass is 10.2. The Morgan fingerprint density at radius 3 is 2.52 bits per heavy atom. The number of methoxy groups -OCH3 is 2. The van der Waals surface area contributed by atoms with E-state index in [1.165, 1.54) is 44.8 Å². The van der Waals surface area contributed by atoms with Gasteiger partial charge < -0.3 is 15.2 Å². The van der Waals surface area contributed by atoms with E-state index in [0.717, 1.165) is 0 Å². The van der Waals surface area contributed by atoms with Crippen molar-refractivity contribution >= 4 is 21.6 Å². The number of carbonyl (C=O) groups is 1. The number of hydrogen-bond donors (Lipinski definition) is 2. The van der Waals surface area contributed by atoms with E-state index in [1.807, 2.05) is 0 Å². The molecule has 23 heavy (non-hydrogen) atoms. The number of benzene rings is 1. The summed E-state index contributed by atoms with van der Waals surface area (Å²) in [5.74, 6) is -0.204. The van der Waals surface area contributed by atoms with Gasteiger partial charge in [-0.2, -0.15) is 0 Å². The summed E-state index contributed by atoms with van der Waals surface area (Å²) in [6.07, 6.45) is 2.50. The maximum absolute atomic E-state index is 12.5. The summed E-state index contributed by atoms with van der Waals surface area (Å²) in [6, 6.07) is 5.67. The first-order chi connectivity index (χ1) is 10.9. The Kier molecular flexibility index (Phi) is 4.70. The van der Waals surface area contributed by atoms with Crippen LogP contribution in [-0.4, -0.2) is 33.5 Å². The van der Waals surface area contributed by atoms with Crippen molar-refractivity contribution in [1.82, 2.24) is 4.98 Å². The second-order valence-corrected chi connectivity index (χ2v) is 6.10. The molecule has 8 nitrogen and oxygen atoms in total. The molecule has 1 amide bonds. The van der Waals surface area contributed by atoms with Crippen molar-refractivity contribution in [3.8, 4) is 11.5 Å². The third-order valence-corrected chi connectivity index (χ3v) is 4.34. The van der Waals surface area contributed by atoms with Crippen LogP contribution in [0.5, 0.6) is 11.5 Å². The van der Waals surface area contributed by atoms with Crippen LogP contribution in [0.3, 0.4) is 0 Å². The predicted octanol–water partition coefficient (Wildman–Crippen LogP) is 0.998. The highest BCUT2D eigenvalue weighted by Crippen LogP contribution is 2.29. The summed E-state index contributed by atoms with van der Waals surface area (Å²) in [5, 5.41) is 0. The average molecular weight is 337 g/mol. The molecule has 0 aliphatic rings. The largest absolute Gasteiger partial charge is 0.497 e. The number of pyridine rings is 1. The number of amides is 1. The van der Waals surface area contributed by atoms with Gasteiger partial charge in [-0.25, -0.2) is 8.42 Å². The van der Waals surface area contributed by atoms with Crippen LogP contribution in [0.25, 0.3) is 0 Å². The van der Waals surface area contributed by atoms with E-state index in [0.29, 0.717) is 5.75 Å². The predicted molar refractivity (Wildman–Crippen MR) is 83.1 cm³/mol. The van der Waals surface area contributed by atoms with Crippen LogP contribution in [0.4, 0.5) is 5.69 Å². The van der Waals surface area contributed by atoms with Gasteiger partial charge in [-0.3, -0.25) is 14.5 Å². The number of rotatable bonds is 6. The molecule has 122 valence electrons. The smallest absolute Gasteiger partial charge is 0.265 e. The fraction of sp³-hybridized carbons (Fsp3) is 0.143. The zero-order valence-corrected chi connectivity index (χ0v) is 13.3. The number of hydrogen-bond acceptors (Lipinski definition) is 6. The highest BCUT2D eigenvalue weighted by Gasteiger charge is 2.21. The minimum Gasteiger partial charge on any atom is -0.497 e. The summed E-state index contributed by atoms with van der Waals surface area (Å²) in [5.41, 5.74) is 5.34. The lowest BCUT2D eigenvalue weighted by Gasteiger charge is -2.13. The maximum Gasteiger partial charge on any atom is 0.265 e. The van der Waals surface area contributed by atoms with Crippen LogP contribution in [0.2, 0.25) is 0 Å². The molecular formula is C14H15N3O5S. The molecule has 0 aliphatic carbocycles. The van der Waals surface area contributed by atoms with Crippen molar-refractivity contribution in [2.45, 2.75) is 4.90 Å². The molecule has 0 radical (unpaired) electrons. The first kappa shape index (κ1) is 16.6. The van der Waals surface area contributed by atoms with Gasteiger partial charge in [0, 0.05) is 12.3 Å². The third kappa shape index (κ3) is 3.69. The van der Waals surface area contributed by atoms with Gasteiger partial charge in [0.05, 0.1) is 31.7 Å². The van der Waals surface area contributed by atoms with Gasteiger partial charge in [0.1, 0.15) is 16.4 Å². The molecule has 0 fully saturated rings. The number of nitrogens with one attached hydrogen (secondary N) is 1. The average Bonchev–Trinajstić information content (AvgIpc) is 2.54. The summed E-state index contributed by atoms with van der Waals surface area (Å²) >= 11 is 0. The standard InChI is InChI=1S/C14H15N3O5S/c1-21-11-3-4-12(22-2)13(6-11)23(19,20)17-10-5-9(14(15)18)7-16-8-10/h3-8,17H,1-2H3,(H2,15,18). The van der Waals surface area contributed by atoms with E-state index in [1.54, 1.807) is 6.07 Å². The number of nitrogens with zero attached hydrogens (tertiary/aromatic N) is 1. The Morgan fingerprint density at radius 1 is 1.17 bits per heavy atom. The zero-order chi connectivity index (χ0) is 17.0. The fourth-order valence-electron chi connectivity index (χ4n) is 1.83. The minimum absolute atomic E-state index is 0.0859. The van der Waals surface area contributed by atoms with Crippen LogP contribution in [-0.2, 0) is 10.0 Å². The van der Waals surface area contributed by atoms with Crippen molar-refractivity contribution in [2.75, 3.05) is 18.9 Å². The molecule has 0 bridgehead atoms. The third-order valence-electron chi connectivity index (χ3n) is 2.94. The minimum atomic E-state index is -3.98. The van der Waals surface area contributed by atoms with E-state index in [4.69, 9.17) is 15.2 Å². The molecule has 0 spiro atoms. The summed E-state index contributed by atoms with van der Waals surface area (Å²) in [7, 11) is -1.20. The van der Waals surface area contributed by atoms with Crippen LogP contribution in [0.15, 0.2) is 41.6 Å². The van der Waals surface area contributed by atoms with Crippen molar-refractivity contribution in [2.24, 2.45) is 5.73 Å². The second-order valence-electron chi connectivity index (χ2n) is 4.45. The molecule has 0 unspecified atom stereocenters. The van der Waals surface area contributed by atoms with Gasteiger partial charge >= 0.3 is 0 Å². The van der Waals surface area contributed by atoms with Crippen LogP contribution >= 0.6 is 0 Å². The summed E-state index contributed by atoms with van der Waals surface area (Å²) in [6.45, 7) is 0. The molecule has 0 aliphatic heterocycles. The van der Waals surface area contributed by atoms with Gasteiger partial charge in [0.25, 0.3) is 10.0 Å². The topological polar surface area (TPSA) is 121 Å². The Bertz CT molecular complexity index is 836. The molecule has 1 aromatic heterocycles. The molecule has 0 saturated heterocycles. The van der Waals surface area contributed by atoms with E-state index >= 15 is 0 Å². The molecule has 2 rings (SSSR count). The molecule has 1 aromatic carbocycles. The highest BCUT2D eigenvalue weighted by atomic mass is 32.2. The Labute approximate surface area is 133 Å². The summed E-state index contributed by atoms with van der Waals surface area (Å²) in [4.78, 5) is 14.8. The Hall–Kier alpha value is -2.81. The number of sulfonamides is 1. The van der Waals surface area contributed by atoms with Gasteiger partial charge in [-0.15, -0.1) is 0 Å². The summed E-state index contributed by atoms with van der Waals surface area (Å²) < 4.78 is 37.5. The molecule has 1 heterocycles. The SMILES string of the molecule is COc1ccc(OC)c(S(=O)(=O)Nc2cncc(C(N)=O)c2)c1. The van der Waals surface area contributed by atoms with Crippen molar-refractivity contribution in [1.29, 1.82) is 0 Å². The number of anilines is 1. The molecule has 0 saturated carbocycles. The van der Waals surface area contributed by atoms with Crippen molar-refractivity contribution < 1.29 is 22.7 Å².